The molecule has 1 aliphatic heterocycles. The average molecular weight is 334 g/mol. The number of carbonyl (C=O) groups is 1. The van der Waals surface area contributed by atoms with Gasteiger partial charge in [0.05, 0.1) is 23.1 Å². The number of pyridine rings is 1. The maximum atomic E-state index is 13.3. The Kier molecular flexibility index (Phi) is 5.15. The van der Waals surface area contributed by atoms with Gasteiger partial charge in [-0.15, -0.1) is 0 Å². The molecule has 130 valence electrons. The van der Waals surface area contributed by atoms with Crippen LogP contribution in [-0.4, -0.2) is 35.8 Å². The van der Waals surface area contributed by atoms with Crippen LogP contribution in [-0.2, 0) is 14.1 Å². The quantitative estimate of drug-likeness (QED) is 0.860. The number of aryl methyl sites for hydroxylation is 1. The summed E-state index contributed by atoms with van der Waals surface area (Å²) < 4.78 is 25.4. The van der Waals surface area contributed by atoms with Crippen molar-refractivity contribution in [3.63, 3.8) is 0 Å². The van der Waals surface area contributed by atoms with Crippen LogP contribution >= 0.6 is 0 Å². The highest BCUT2D eigenvalue weighted by atomic mass is 19.1. The lowest BCUT2D eigenvalue weighted by Crippen LogP contribution is -2.41. The molecule has 7 heteroatoms. The van der Waals surface area contributed by atoms with Gasteiger partial charge in [0.25, 0.3) is 0 Å². The molecule has 0 atom stereocenters. The second kappa shape index (κ2) is 6.65. The summed E-state index contributed by atoms with van der Waals surface area (Å²) in [6.07, 6.45) is 2.95. The third kappa shape index (κ3) is 4.02. The molecule has 0 bridgehead atoms. The summed E-state index contributed by atoms with van der Waals surface area (Å²) in [5.74, 6) is -0.537. The summed E-state index contributed by atoms with van der Waals surface area (Å²) in [4.78, 5) is 15.4. The van der Waals surface area contributed by atoms with E-state index in [9.17, 15) is 9.18 Å². The van der Waals surface area contributed by atoms with Gasteiger partial charge in [-0.3, -0.25) is 9.78 Å². The number of aromatic nitrogens is 1. The second-order valence-corrected chi connectivity index (χ2v) is 7.07. The van der Waals surface area contributed by atoms with Gasteiger partial charge in [-0.2, -0.15) is 0 Å². The van der Waals surface area contributed by atoms with E-state index in [1.54, 1.807) is 13.0 Å². The highest BCUT2D eigenvalue weighted by Gasteiger charge is 2.52. The molecule has 0 aliphatic carbocycles. The summed E-state index contributed by atoms with van der Waals surface area (Å²) in [6.45, 7) is 11.3. The molecule has 1 aliphatic rings. The van der Waals surface area contributed by atoms with Crippen molar-refractivity contribution in [1.29, 1.82) is 0 Å². The van der Waals surface area contributed by atoms with E-state index in [-0.39, 0.29) is 18.3 Å². The van der Waals surface area contributed by atoms with E-state index in [1.165, 1.54) is 19.2 Å². The molecular formula is C17H24BFN2O3. The number of hydrogen-bond acceptors (Lipinski definition) is 4. The van der Waals surface area contributed by atoms with Crippen LogP contribution in [0, 0.1) is 12.7 Å². The molecule has 0 radical (unpaired) electrons. The number of carbonyl (C=O) groups excluding carboxylic acids is 1. The van der Waals surface area contributed by atoms with Crippen LogP contribution in [0.4, 0.5) is 4.39 Å². The van der Waals surface area contributed by atoms with Gasteiger partial charge < -0.3 is 14.6 Å². The van der Waals surface area contributed by atoms with Crippen molar-refractivity contribution in [3.8, 4) is 0 Å². The third-order valence-electron chi connectivity index (χ3n) is 4.50. The average Bonchev–Trinajstić information content (AvgIpc) is 2.65. The fourth-order valence-electron chi connectivity index (χ4n) is 2.30. The number of halogens is 1. The molecule has 0 saturated carbocycles. The number of rotatable bonds is 4. The molecule has 1 N–H and O–H groups in total. The Balaban J connectivity index is 2.35. The van der Waals surface area contributed by atoms with Gasteiger partial charge in [-0.05, 0) is 57.8 Å². The Morgan fingerprint density at radius 2 is 1.92 bits per heavy atom. The van der Waals surface area contributed by atoms with E-state index in [0.29, 0.717) is 11.3 Å². The van der Waals surface area contributed by atoms with Crippen molar-refractivity contribution >= 4 is 19.1 Å². The summed E-state index contributed by atoms with van der Waals surface area (Å²) in [6, 6.07) is 1.42. The molecule has 5 nitrogen and oxygen atoms in total. The third-order valence-corrected chi connectivity index (χ3v) is 4.50. The number of nitrogens with zero attached hydrogens (tertiary/aromatic N) is 1. The summed E-state index contributed by atoms with van der Waals surface area (Å²) in [5.41, 5.74) is 1.07. The Morgan fingerprint density at radius 1 is 1.33 bits per heavy atom. The van der Waals surface area contributed by atoms with Crippen LogP contribution < -0.4 is 5.32 Å². The van der Waals surface area contributed by atoms with Crippen molar-refractivity contribution in [2.24, 2.45) is 0 Å². The lowest BCUT2D eigenvalue weighted by Gasteiger charge is -2.32. The van der Waals surface area contributed by atoms with E-state index >= 15 is 0 Å². The molecule has 2 heterocycles. The zero-order valence-corrected chi connectivity index (χ0v) is 15.1. The van der Waals surface area contributed by atoms with Crippen molar-refractivity contribution in [1.82, 2.24) is 10.3 Å². The molecule has 0 aromatic carbocycles. The van der Waals surface area contributed by atoms with E-state index in [2.05, 4.69) is 10.3 Å². The normalized spacial score (nSPS) is 19.5. The fourth-order valence-corrected chi connectivity index (χ4v) is 2.30. The minimum atomic E-state index is -0.604. The summed E-state index contributed by atoms with van der Waals surface area (Å²) in [7, 11) is -0.604. The van der Waals surface area contributed by atoms with Gasteiger partial charge in [-0.1, -0.05) is 0 Å². The maximum Gasteiger partial charge on any atom is 0.492 e. The maximum absolute atomic E-state index is 13.3. The molecule has 1 aromatic rings. The first-order valence-electron chi connectivity index (χ1n) is 7.94. The van der Waals surface area contributed by atoms with E-state index in [0.717, 1.165) is 5.47 Å². The standard InChI is InChI=1S/C17H24BFN2O3/c1-11-7-14(19)10-21-15(11)8-13(9-20-12(2)22)18-23-16(3,4)17(5,6)24-18/h7-8,10H,9H2,1-6H3,(H,20,22). The molecule has 1 aromatic heterocycles. The number of amides is 1. The van der Waals surface area contributed by atoms with Gasteiger partial charge in [0.1, 0.15) is 5.82 Å². The zero-order valence-electron chi connectivity index (χ0n) is 15.1. The molecule has 24 heavy (non-hydrogen) atoms. The van der Waals surface area contributed by atoms with E-state index < -0.39 is 18.3 Å². The van der Waals surface area contributed by atoms with E-state index in [4.69, 9.17) is 9.31 Å². The molecule has 0 spiro atoms. The summed E-state index contributed by atoms with van der Waals surface area (Å²) in [5, 5.41) is 2.76. The van der Waals surface area contributed by atoms with Gasteiger partial charge in [-0.25, -0.2) is 4.39 Å². The Hall–Kier alpha value is -1.73. The lowest BCUT2D eigenvalue weighted by atomic mass is 9.77. The zero-order chi connectivity index (χ0) is 18.1. The first kappa shape index (κ1) is 18.6. The van der Waals surface area contributed by atoms with E-state index in [1.807, 2.05) is 27.7 Å². The van der Waals surface area contributed by atoms with Gasteiger partial charge in [0, 0.05) is 13.5 Å². The lowest BCUT2D eigenvalue weighted by molar-refractivity contribution is -0.118. The van der Waals surface area contributed by atoms with Crippen LogP contribution in [0.25, 0.3) is 6.08 Å². The second-order valence-electron chi connectivity index (χ2n) is 7.07. The highest BCUT2D eigenvalue weighted by Crippen LogP contribution is 2.38. The van der Waals surface area contributed by atoms with Crippen LogP contribution in [0.3, 0.4) is 0 Å². The SMILES string of the molecule is CC(=O)NCC(=Cc1ncc(F)cc1C)B1OC(C)(C)C(C)(C)O1. The van der Waals surface area contributed by atoms with Crippen molar-refractivity contribution in [3.05, 3.63) is 34.8 Å². The van der Waals surface area contributed by atoms with Crippen LogP contribution in [0.5, 0.6) is 0 Å². The number of hydrogen-bond donors (Lipinski definition) is 1. The molecule has 2 rings (SSSR count). The van der Waals surface area contributed by atoms with Crippen molar-refractivity contribution in [2.75, 3.05) is 6.54 Å². The topological polar surface area (TPSA) is 60.5 Å². The predicted molar refractivity (Wildman–Crippen MR) is 91.7 cm³/mol. The monoisotopic (exact) mass is 334 g/mol. The predicted octanol–water partition coefficient (Wildman–Crippen LogP) is 2.68. The highest BCUT2D eigenvalue weighted by molar-refractivity contribution is 6.56. The smallest absolute Gasteiger partial charge is 0.400 e. The minimum Gasteiger partial charge on any atom is -0.400 e. The van der Waals surface area contributed by atoms with Gasteiger partial charge in [0.15, 0.2) is 0 Å². The Morgan fingerprint density at radius 3 is 2.42 bits per heavy atom. The first-order valence-corrected chi connectivity index (χ1v) is 7.94. The molecular weight excluding hydrogens is 310 g/mol. The van der Waals surface area contributed by atoms with Crippen molar-refractivity contribution in [2.45, 2.75) is 52.7 Å². The van der Waals surface area contributed by atoms with Gasteiger partial charge in [0.2, 0.25) is 5.91 Å². The van der Waals surface area contributed by atoms with Crippen LogP contribution in [0.2, 0.25) is 0 Å². The molecule has 0 unspecified atom stereocenters. The van der Waals surface area contributed by atoms with Crippen molar-refractivity contribution < 1.29 is 18.5 Å². The molecule has 1 fully saturated rings. The van der Waals surface area contributed by atoms with Crippen LogP contribution in [0.15, 0.2) is 17.7 Å². The Bertz CT molecular complexity index is 658. The fraction of sp³-hybridized carbons (Fsp3) is 0.529. The first-order chi connectivity index (χ1) is 11.0. The number of nitrogens with one attached hydrogen (secondary N) is 1. The van der Waals surface area contributed by atoms with Gasteiger partial charge >= 0.3 is 7.12 Å². The van der Waals surface area contributed by atoms with Crippen LogP contribution in [0.1, 0.15) is 45.9 Å². The molecule has 1 amide bonds. The Labute approximate surface area is 142 Å². The summed E-state index contributed by atoms with van der Waals surface area (Å²) >= 11 is 0. The minimum absolute atomic E-state index is 0.152. The largest absolute Gasteiger partial charge is 0.492 e. The molecule has 1 saturated heterocycles.